The zero-order valence-corrected chi connectivity index (χ0v) is 19.8. The second kappa shape index (κ2) is 10.4. The van der Waals surface area contributed by atoms with Gasteiger partial charge in [-0.3, -0.25) is 0 Å². The molecule has 0 atom stereocenters. The van der Waals surface area contributed by atoms with E-state index in [9.17, 15) is 22.4 Å². The number of amides is 2. The summed E-state index contributed by atoms with van der Waals surface area (Å²) in [7, 11) is 0. The summed E-state index contributed by atoms with van der Waals surface area (Å²) in [5, 5.41) is 3.89. The van der Waals surface area contributed by atoms with Crippen LogP contribution in [0.4, 0.5) is 39.5 Å². The molecule has 0 aliphatic carbocycles. The predicted octanol–water partition coefficient (Wildman–Crippen LogP) is 7.02. The van der Waals surface area contributed by atoms with Gasteiger partial charge in [0.25, 0.3) is 0 Å². The highest BCUT2D eigenvalue weighted by molar-refractivity contribution is 6.31. The Morgan fingerprint density at radius 3 is 2.27 bits per heavy atom. The summed E-state index contributed by atoms with van der Waals surface area (Å²) in [5.74, 6) is -0.509. The van der Waals surface area contributed by atoms with Crippen LogP contribution in [0.1, 0.15) is 5.56 Å². The molecule has 0 bridgehead atoms. The average molecular weight is 553 g/mol. The number of nitrogens with zero attached hydrogens (tertiary/aromatic N) is 3. The van der Waals surface area contributed by atoms with Gasteiger partial charge < -0.3 is 21.1 Å². The molecule has 0 aliphatic heterocycles. The minimum atomic E-state index is -4.78. The van der Waals surface area contributed by atoms with Gasteiger partial charge in [-0.1, -0.05) is 35.3 Å². The van der Waals surface area contributed by atoms with Gasteiger partial charge in [-0.15, -0.1) is 0 Å². The van der Waals surface area contributed by atoms with Crippen LogP contribution in [0.2, 0.25) is 10.0 Å². The lowest BCUT2D eigenvalue weighted by Crippen LogP contribution is -2.21. The van der Waals surface area contributed by atoms with Gasteiger partial charge >= 0.3 is 18.2 Å². The summed E-state index contributed by atoms with van der Waals surface area (Å²) in [6.07, 6.45) is -0.973. The van der Waals surface area contributed by atoms with Crippen LogP contribution in [0.5, 0.6) is 11.8 Å². The highest BCUT2D eigenvalue weighted by Crippen LogP contribution is 2.35. The average Bonchev–Trinajstić information content (AvgIpc) is 2.84. The van der Waals surface area contributed by atoms with Crippen LogP contribution in [-0.2, 0) is 6.18 Å². The monoisotopic (exact) mass is 552 g/mol. The fourth-order valence-corrected chi connectivity index (χ4v) is 3.43. The molecule has 4 aromatic rings. The topological polar surface area (TPSA) is 115 Å². The maximum absolute atomic E-state index is 14.1. The summed E-state index contributed by atoms with van der Waals surface area (Å²) >= 11 is 11.5. The van der Waals surface area contributed by atoms with Gasteiger partial charge in [-0.2, -0.15) is 13.2 Å². The standard InChI is InChI=1S/C23H14Cl2F4N6O2/c24-13-7-16(20(30)31-8-13)11-1-3-15(4-2-11)37-22-32-9-14(10-33-22)34-21(36)35-18-6-12(23(27,28)29)5-17(25)19(18)26/h1-10H,(H2,30,31)(H2,34,35,36). The van der Waals surface area contributed by atoms with E-state index in [0.717, 1.165) is 5.56 Å². The third-order valence-electron chi connectivity index (χ3n) is 4.75. The number of ether oxygens (including phenoxy) is 1. The van der Waals surface area contributed by atoms with E-state index < -0.39 is 34.3 Å². The number of benzene rings is 2. The van der Waals surface area contributed by atoms with Crippen molar-refractivity contribution in [2.75, 3.05) is 16.4 Å². The number of pyridine rings is 1. The second-order valence-electron chi connectivity index (χ2n) is 7.36. The molecule has 0 aliphatic rings. The van der Waals surface area contributed by atoms with Crippen LogP contribution in [-0.4, -0.2) is 21.0 Å². The Balaban J connectivity index is 1.39. The van der Waals surface area contributed by atoms with Crippen molar-refractivity contribution < 1.29 is 27.1 Å². The molecule has 4 N–H and O–H groups in total. The van der Waals surface area contributed by atoms with Crippen LogP contribution in [0.25, 0.3) is 11.1 Å². The van der Waals surface area contributed by atoms with Gasteiger partial charge in [-0.05, 0) is 35.9 Å². The first kappa shape index (κ1) is 25.9. The summed E-state index contributed by atoms with van der Waals surface area (Å²) in [4.78, 5) is 24.1. The van der Waals surface area contributed by atoms with E-state index in [2.05, 4.69) is 20.3 Å². The zero-order chi connectivity index (χ0) is 26.7. The second-order valence-corrected chi connectivity index (χ2v) is 8.21. The molecule has 8 nitrogen and oxygen atoms in total. The van der Waals surface area contributed by atoms with Crippen molar-refractivity contribution in [3.63, 3.8) is 0 Å². The normalized spacial score (nSPS) is 11.2. The van der Waals surface area contributed by atoms with Crippen molar-refractivity contribution in [3.05, 3.63) is 82.5 Å². The number of hydrogen-bond donors (Lipinski definition) is 3. The number of rotatable bonds is 5. The number of hydrogen-bond acceptors (Lipinski definition) is 6. The van der Waals surface area contributed by atoms with Crippen molar-refractivity contribution in [3.8, 4) is 22.9 Å². The SMILES string of the molecule is Nc1ncc(Cl)cc1-c1ccc(Oc2ncc(NC(=O)Nc3cc(C(F)(F)F)cc(Cl)c3F)cn2)cc1. The lowest BCUT2D eigenvalue weighted by Gasteiger charge is -2.13. The molecule has 2 aromatic heterocycles. The first-order valence-corrected chi connectivity index (χ1v) is 10.9. The number of carbonyl (C=O) groups is 1. The van der Waals surface area contributed by atoms with Crippen LogP contribution in [0, 0.1) is 5.82 Å². The Morgan fingerprint density at radius 1 is 0.946 bits per heavy atom. The van der Waals surface area contributed by atoms with E-state index in [1.54, 1.807) is 30.3 Å². The van der Waals surface area contributed by atoms with E-state index in [0.29, 0.717) is 34.3 Å². The molecule has 2 heterocycles. The number of aromatic nitrogens is 3. The molecule has 0 saturated carbocycles. The Bertz CT molecular complexity index is 1450. The fraction of sp³-hybridized carbons (Fsp3) is 0.0435. The number of nitrogen functional groups attached to an aromatic ring is 1. The summed E-state index contributed by atoms with van der Waals surface area (Å²) in [6.45, 7) is 0. The van der Waals surface area contributed by atoms with Crippen LogP contribution >= 0.6 is 23.2 Å². The molecule has 0 spiro atoms. The van der Waals surface area contributed by atoms with E-state index in [-0.39, 0.29) is 11.7 Å². The van der Waals surface area contributed by atoms with E-state index >= 15 is 0 Å². The quantitative estimate of drug-likeness (QED) is 0.229. The molecular formula is C23H14Cl2F4N6O2. The Labute approximate surface area is 216 Å². The summed E-state index contributed by atoms with van der Waals surface area (Å²) in [5.41, 5.74) is 5.37. The highest BCUT2D eigenvalue weighted by Gasteiger charge is 2.32. The maximum atomic E-state index is 14.1. The van der Waals surface area contributed by atoms with Crippen molar-refractivity contribution in [1.29, 1.82) is 0 Å². The minimum Gasteiger partial charge on any atom is -0.424 e. The molecule has 0 saturated heterocycles. The van der Waals surface area contributed by atoms with E-state index in [1.165, 1.54) is 18.6 Å². The summed E-state index contributed by atoms with van der Waals surface area (Å²) in [6, 6.07) is 8.19. The van der Waals surface area contributed by atoms with Crippen molar-refractivity contribution in [2.24, 2.45) is 0 Å². The van der Waals surface area contributed by atoms with Gasteiger partial charge in [0.15, 0.2) is 5.82 Å². The first-order chi connectivity index (χ1) is 17.5. The van der Waals surface area contributed by atoms with Gasteiger partial charge in [0.2, 0.25) is 0 Å². The highest BCUT2D eigenvalue weighted by atomic mass is 35.5. The largest absolute Gasteiger partial charge is 0.424 e. The third-order valence-corrected chi connectivity index (χ3v) is 5.23. The molecule has 190 valence electrons. The molecule has 0 radical (unpaired) electrons. The number of carbonyl (C=O) groups excluding carboxylic acids is 1. The molecular weight excluding hydrogens is 539 g/mol. The Hall–Kier alpha value is -4.16. The number of nitrogens with one attached hydrogen (secondary N) is 2. The predicted molar refractivity (Wildman–Crippen MR) is 130 cm³/mol. The Morgan fingerprint density at radius 2 is 1.62 bits per heavy atom. The number of urea groups is 1. The fourth-order valence-electron chi connectivity index (χ4n) is 3.05. The molecule has 14 heteroatoms. The molecule has 2 aromatic carbocycles. The van der Waals surface area contributed by atoms with Crippen LogP contribution < -0.4 is 21.1 Å². The molecule has 0 unspecified atom stereocenters. The van der Waals surface area contributed by atoms with Crippen molar-refractivity contribution in [2.45, 2.75) is 6.18 Å². The van der Waals surface area contributed by atoms with E-state index in [1.807, 2.05) is 5.32 Å². The minimum absolute atomic E-state index is 0.0571. The van der Waals surface area contributed by atoms with Crippen LogP contribution in [0.3, 0.4) is 0 Å². The lowest BCUT2D eigenvalue weighted by atomic mass is 10.1. The first-order valence-electron chi connectivity index (χ1n) is 10.1. The lowest BCUT2D eigenvalue weighted by molar-refractivity contribution is -0.137. The number of anilines is 3. The molecule has 0 fully saturated rings. The smallest absolute Gasteiger partial charge is 0.416 e. The number of alkyl halides is 3. The van der Waals surface area contributed by atoms with Gasteiger partial charge in [0.1, 0.15) is 11.6 Å². The number of nitrogens with two attached hydrogens (primary N) is 1. The van der Waals surface area contributed by atoms with Gasteiger partial charge in [0, 0.05) is 11.8 Å². The van der Waals surface area contributed by atoms with Crippen molar-refractivity contribution in [1.82, 2.24) is 15.0 Å². The van der Waals surface area contributed by atoms with E-state index in [4.69, 9.17) is 33.7 Å². The van der Waals surface area contributed by atoms with Crippen molar-refractivity contribution >= 4 is 46.4 Å². The van der Waals surface area contributed by atoms with Crippen LogP contribution in [0.15, 0.2) is 61.1 Å². The molecule has 4 rings (SSSR count). The van der Waals surface area contributed by atoms with Gasteiger partial charge in [0.05, 0.1) is 39.4 Å². The third kappa shape index (κ3) is 6.35. The molecule has 37 heavy (non-hydrogen) atoms. The maximum Gasteiger partial charge on any atom is 0.416 e. The number of halogens is 6. The van der Waals surface area contributed by atoms with Gasteiger partial charge in [-0.25, -0.2) is 24.1 Å². The zero-order valence-electron chi connectivity index (χ0n) is 18.3. The Kier molecular flexibility index (Phi) is 7.32. The molecule has 2 amide bonds. The summed E-state index contributed by atoms with van der Waals surface area (Å²) < 4.78 is 58.5.